The van der Waals surface area contributed by atoms with Gasteiger partial charge >= 0.3 is 5.97 Å². The van der Waals surface area contributed by atoms with Crippen LogP contribution in [-0.4, -0.2) is 15.6 Å². The number of hydrogen-bond donors (Lipinski definition) is 1. The largest absolute Gasteiger partial charge is 0.481 e. The second kappa shape index (κ2) is 10.1. The highest BCUT2D eigenvalue weighted by Gasteiger charge is 2.13. The fourth-order valence-electron chi connectivity index (χ4n) is 4.26. The maximum Gasteiger partial charge on any atom is 0.303 e. The van der Waals surface area contributed by atoms with Crippen molar-refractivity contribution in [3.8, 4) is 16.9 Å². The van der Waals surface area contributed by atoms with E-state index in [2.05, 4.69) is 96.4 Å². The fraction of sp³-hybridized carbons (Fsp3) is 0.207. The molecule has 4 aromatic rings. The summed E-state index contributed by atoms with van der Waals surface area (Å²) in [5, 5.41) is 8.93. The van der Waals surface area contributed by atoms with Crippen molar-refractivity contribution < 1.29 is 9.90 Å². The molecule has 0 saturated carbocycles. The first kappa shape index (κ1) is 21.6. The van der Waals surface area contributed by atoms with E-state index in [1.807, 2.05) is 6.07 Å². The molecule has 0 aliphatic heterocycles. The minimum atomic E-state index is -0.734. The Labute approximate surface area is 190 Å². The second-order valence-electron chi connectivity index (χ2n) is 8.26. The van der Waals surface area contributed by atoms with E-state index in [4.69, 9.17) is 5.11 Å². The molecule has 0 amide bonds. The molecule has 1 N–H and O–H groups in total. The summed E-state index contributed by atoms with van der Waals surface area (Å²) in [6.45, 7) is 2.12. The highest BCUT2D eigenvalue weighted by molar-refractivity contribution is 5.66. The predicted molar refractivity (Wildman–Crippen MR) is 130 cm³/mol. The molecule has 0 spiro atoms. The maximum atomic E-state index is 10.9. The molecule has 3 nitrogen and oxygen atoms in total. The quantitative estimate of drug-likeness (QED) is 0.328. The summed E-state index contributed by atoms with van der Waals surface area (Å²) in [6.07, 6.45) is 3.61. The van der Waals surface area contributed by atoms with E-state index in [1.54, 1.807) is 0 Å². The zero-order chi connectivity index (χ0) is 22.3. The third-order valence-electron chi connectivity index (χ3n) is 5.97. The lowest BCUT2D eigenvalue weighted by Gasteiger charge is -2.16. The summed E-state index contributed by atoms with van der Waals surface area (Å²) in [5.41, 5.74) is 8.57. The Morgan fingerprint density at radius 2 is 1.53 bits per heavy atom. The molecule has 0 radical (unpaired) electrons. The first-order valence-corrected chi connectivity index (χ1v) is 11.2. The minimum Gasteiger partial charge on any atom is -0.481 e. The van der Waals surface area contributed by atoms with Crippen LogP contribution in [-0.2, 0) is 24.1 Å². The Morgan fingerprint density at radius 1 is 0.812 bits per heavy atom. The molecule has 4 rings (SSSR count). The molecule has 0 saturated heterocycles. The number of carbonyl (C=O) groups is 1. The van der Waals surface area contributed by atoms with Crippen molar-refractivity contribution in [2.45, 2.75) is 39.0 Å². The monoisotopic (exact) mass is 423 g/mol. The zero-order valence-corrected chi connectivity index (χ0v) is 18.5. The van der Waals surface area contributed by atoms with E-state index in [-0.39, 0.29) is 6.42 Å². The number of aliphatic carboxylic acids is 1. The summed E-state index contributed by atoms with van der Waals surface area (Å²) in [4.78, 5) is 10.9. The average Bonchev–Trinajstić information content (AvgIpc) is 3.24. The van der Waals surface area contributed by atoms with E-state index < -0.39 is 5.97 Å². The molecule has 0 aliphatic rings. The molecular weight excluding hydrogens is 394 g/mol. The molecule has 0 atom stereocenters. The van der Waals surface area contributed by atoms with Crippen LogP contribution in [0.3, 0.4) is 0 Å². The Balaban J connectivity index is 1.66. The molecule has 1 aromatic heterocycles. The van der Waals surface area contributed by atoms with Crippen LogP contribution < -0.4 is 0 Å². The molecule has 1 heterocycles. The van der Waals surface area contributed by atoms with Crippen LogP contribution in [0.1, 0.15) is 35.2 Å². The lowest BCUT2D eigenvalue weighted by molar-refractivity contribution is -0.137. The van der Waals surface area contributed by atoms with Gasteiger partial charge in [0.1, 0.15) is 0 Å². The van der Waals surface area contributed by atoms with Gasteiger partial charge in [0.2, 0.25) is 0 Å². The second-order valence-corrected chi connectivity index (χ2v) is 8.26. The number of carboxylic acids is 1. The fourth-order valence-corrected chi connectivity index (χ4v) is 4.26. The lowest BCUT2D eigenvalue weighted by atomic mass is 10.0. The topological polar surface area (TPSA) is 42.2 Å². The van der Waals surface area contributed by atoms with Crippen molar-refractivity contribution in [2.24, 2.45) is 0 Å². The van der Waals surface area contributed by atoms with Crippen LogP contribution in [0.2, 0.25) is 0 Å². The number of rotatable bonds is 9. The van der Waals surface area contributed by atoms with E-state index in [0.717, 1.165) is 24.9 Å². The van der Waals surface area contributed by atoms with Gasteiger partial charge in [-0.05, 0) is 79.1 Å². The summed E-state index contributed by atoms with van der Waals surface area (Å²) < 4.78 is 2.37. The van der Waals surface area contributed by atoms with Crippen LogP contribution in [0.5, 0.6) is 0 Å². The number of aryl methyl sites for hydroxylation is 4. The Bertz CT molecular complexity index is 1180. The van der Waals surface area contributed by atoms with E-state index in [9.17, 15) is 4.79 Å². The van der Waals surface area contributed by atoms with Gasteiger partial charge in [0, 0.05) is 17.8 Å². The van der Waals surface area contributed by atoms with Gasteiger partial charge in [0.15, 0.2) is 0 Å². The predicted octanol–water partition coefficient (Wildman–Crippen LogP) is 6.65. The number of aromatic nitrogens is 1. The van der Waals surface area contributed by atoms with Crippen LogP contribution >= 0.6 is 0 Å². The van der Waals surface area contributed by atoms with E-state index in [1.165, 1.54) is 33.6 Å². The molecule has 3 aromatic carbocycles. The molecular formula is C29H29NO2. The Kier molecular flexibility index (Phi) is 6.86. The third-order valence-corrected chi connectivity index (χ3v) is 5.97. The highest BCUT2D eigenvalue weighted by Crippen LogP contribution is 2.29. The molecule has 162 valence electrons. The lowest BCUT2D eigenvalue weighted by Crippen LogP contribution is -2.05. The van der Waals surface area contributed by atoms with Gasteiger partial charge < -0.3 is 9.67 Å². The van der Waals surface area contributed by atoms with Gasteiger partial charge in [-0.15, -0.1) is 0 Å². The Hall–Kier alpha value is -3.59. The third kappa shape index (κ3) is 5.17. The van der Waals surface area contributed by atoms with Gasteiger partial charge in [0.05, 0.1) is 5.69 Å². The van der Waals surface area contributed by atoms with Gasteiger partial charge in [0.25, 0.3) is 0 Å². The maximum absolute atomic E-state index is 10.9. The van der Waals surface area contributed by atoms with Crippen molar-refractivity contribution in [3.63, 3.8) is 0 Å². The van der Waals surface area contributed by atoms with Crippen molar-refractivity contribution in [1.29, 1.82) is 0 Å². The van der Waals surface area contributed by atoms with E-state index in [0.29, 0.717) is 6.42 Å². The van der Waals surface area contributed by atoms with Crippen molar-refractivity contribution in [1.82, 2.24) is 4.57 Å². The average molecular weight is 424 g/mol. The normalized spacial score (nSPS) is 10.9. The summed E-state index contributed by atoms with van der Waals surface area (Å²) >= 11 is 0. The number of carboxylic acid groups (broad SMARTS) is 1. The molecule has 0 fully saturated rings. The summed E-state index contributed by atoms with van der Waals surface area (Å²) in [7, 11) is 0. The zero-order valence-electron chi connectivity index (χ0n) is 18.5. The highest BCUT2D eigenvalue weighted by atomic mass is 16.4. The first-order chi connectivity index (χ1) is 15.6. The molecule has 3 heteroatoms. The van der Waals surface area contributed by atoms with Gasteiger partial charge in [-0.25, -0.2) is 0 Å². The summed E-state index contributed by atoms with van der Waals surface area (Å²) in [6, 6.07) is 32.1. The molecule has 0 unspecified atom stereocenters. The summed E-state index contributed by atoms with van der Waals surface area (Å²) in [5.74, 6) is -0.734. The van der Waals surface area contributed by atoms with E-state index >= 15 is 0 Å². The smallest absolute Gasteiger partial charge is 0.303 e. The van der Waals surface area contributed by atoms with Gasteiger partial charge in [-0.1, -0.05) is 66.7 Å². The van der Waals surface area contributed by atoms with Crippen molar-refractivity contribution >= 4 is 5.97 Å². The molecule has 0 aliphatic carbocycles. The first-order valence-electron chi connectivity index (χ1n) is 11.2. The molecule has 32 heavy (non-hydrogen) atoms. The van der Waals surface area contributed by atoms with Crippen molar-refractivity contribution in [2.75, 3.05) is 0 Å². The number of benzene rings is 3. The van der Waals surface area contributed by atoms with Crippen LogP contribution in [0.4, 0.5) is 0 Å². The van der Waals surface area contributed by atoms with Crippen LogP contribution in [0, 0.1) is 6.92 Å². The van der Waals surface area contributed by atoms with Crippen LogP contribution in [0.25, 0.3) is 16.9 Å². The van der Waals surface area contributed by atoms with Crippen LogP contribution in [0.15, 0.2) is 91.0 Å². The Morgan fingerprint density at radius 3 is 2.22 bits per heavy atom. The number of hydrogen-bond acceptors (Lipinski definition) is 1. The standard InChI is InChI=1S/C29H29NO2/c1-22-21-27(18-16-24(22)13-8-14-29(31)32)30-26(17-15-23-9-4-2-5-10-23)19-20-28(30)25-11-6-3-7-12-25/h2-7,9-12,16,18-21H,8,13-15,17H2,1H3,(H,31,32). The van der Waals surface area contributed by atoms with Gasteiger partial charge in [-0.2, -0.15) is 0 Å². The minimum absolute atomic E-state index is 0.209. The van der Waals surface area contributed by atoms with Crippen molar-refractivity contribution in [3.05, 3.63) is 113 Å². The molecule has 0 bridgehead atoms. The SMILES string of the molecule is Cc1cc(-n2c(CCc3ccccc3)ccc2-c2ccccc2)ccc1CCCC(=O)O. The number of nitrogens with zero attached hydrogens (tertiary/aromatic N) is 1. The van der Waals surface area contributed by atoms with Gasteiger partial charge in [-0.3, -0.25) is 4.79 Å².